The minimum Gasteiger partial charge on any atom is -0.490 e. The van der Waals surface area contributed by atoms with E-state index in [2.05, 4.69) is 15.8 Å². The zero-order chi connectivity index (χ0) is 21.2. The minimum atomic E-state index is -0.886. The van der Waals surface area contributed by atoms with Crippen LogP contribution < -0.4 is 20.2 Å². The summed E-state index contributed by atoms with van der Waals surface area (Å²) in [5.41, 5.74) is 4.14. The standard InChI is InChI=1S/C21H24ClN3O4/c1-4-10-29-18-9-6-15(12-19(18)28-5-2)13-23-25-21(27)20(26)24-17-8-7-16(22)11-14(17)3/h6-9,11-13H,4-5,10H2,1-3H3,(H,24,26)(H,25,27)/b23-13-. The molecule has 0 fully saturated rings. The molecule has 8 heteroatoms. The molecule has 0 atom stereocenters. The van der Waals surface area contributed by atoms with Crippen molar-refractivity contribution < 1.29 is 19.1 Å². The first-order valence-corrected chi connectivity index (χ1v) is 9.62. The summed E-state index contributed by atoms with van der Waals surface area (Å²) in [6.45, 7) is 6.76. The smallest absolute Gasteiger partial charge is 0.329 e. The van der Waals surface area contributed by atoms with Crippen LogP contribution in [0.1, 0.15) is 31.4 Å². The molecule has 2 aromatic carbocycles. The van der Waals surface area contributed by atoms with Crippen LogP contribution in [0.3, 0.4) is 0 Å². The summed E-state index contributed by atoms with van der Waals surface area (Å²) >= 11 is 5.88. The Morgan fingerprint density at radius 2 is 1.86 bits per heavy atom. The average Bonchev–Trinajstić information content (AvgIpc) is 2.69. The molecule has 0 saturated carbocycles. The van der Waals surface area contributed by atoms with E-state index in [-0.39, 0.29) is 0 Å². The minimum absolute atomic E-state index is 0.490. The van der Waals surface area contributed by atoms with Gasteiger partial charge in [0, 0.05) is 10.7 Å². The maximum absolute atomic E-state index is 12.0. The Hall–Kier alpha value is -3.06. The van der Waals surface area contributed by atoms with E-state index in [4.69, 9.17) is 21.1 Å². The third kappa shape index (κ3) is 6.80. The van der Waals surface area contributed by atoms with Crippen molar-refractivity contribution in [3.05, 3.63) is 52.5 Å². The van der Waals surface area contributed by atoms with E-state index in [0.29, 0.717) is 41.0 Å². The number of halogens is 1. The molecule has 0 unspecified atom stereocenters. The first-order valence-electron chi connectivity index (χ1n) is 9.24. The zero-order valence-electron chi connectivity index (χ0n) is 16.6. The Morgan fingerprint density at radius 3 is 2.55 bits per heavy atom. The van der Waals surface area contributed by atoms with Gasteiger partial charge in [-0.05, 0) is 67.8 Å². The molecule has 0 bridgehead atoms. The van der Waals surface area contributed by atoms with Crippen LogP contribution >= 0.6 is 11.6 Å². The summed E-state index contributed by atoms with van der Waals surface area (Å²) in [5, 5.41) is 6.90. The predicted molar refractivity (Wildman–Crippen MR) is 114 cm³/mol. The van der Waals surface area contributed by atoms with Crippen molar-refractivity contribution in [2.75, 3.05) is 18.5 Å². The van der Waals surface area contributed by atoms with Crippen LogP contribution in [-0.4, -0.2) is 31.2 Å². The molecule has 0 saturated heterocycles. The number of rotatable bonds is 8. The summed E-state index contributed by atoms with van der Waals surface area (Å²) in [6, 6.07) is 10.3. The Morgan fingerprint density at radius 1 is 1.07 bits per heavy atom. The first kappa shape index (κ1) is 22.2. The van der Waals surface area contributed by atoms with Gasteiger partial charge in [0.15, 0.2) is 11.5 Å². The molecular weight excluding hydrogens is 394 g/mol. The molecule has 0 aliphatic heterocycles. The number of carbonyl (C=O) groups is 2. The number of carbonyl (C=O) groups excluding carboxylic acids is 2. The van der Waals surface area contributed by atoms with E-state index in [9.17, 15) is 9.59 Å². The number of hydrogen-bond donors (Lipinski definition) is 2. The molecule has 2 aromatic rings. The van der Waals surface area contributed by atoms with E-state index in [1.54, 1.807) is 43.3 Å². The summed E-state index contributed by atoms with van der Waals surface area (Å²) < 4.78 is 11.2. The van der Waals surface area contributed by atoms with Gasteiger partial charge in [-0.2, -0.15) is 5.10 Å². The molecular formula is C21H24ClN3O4. The molecule has 0 heterocycles. The number of anilines is 1. The molecule has 154 valence electrons. The van der Waals surface area contributed by atoms with Crippen LogP contribution in [0.4, 0.5) is 5.69 Å². The highest BCUT2D eigenvalue weighted by molar-refractivity contribution is 6.39. The number of hydrogen-bond acceptors (Lipinski definition) is 5. The van der Waals surface area contributed by atoms with Gasteiger partial charge >= 0.3 is 11.8 Å². The lowest BCUT2D eigenvalue weighted by molar-refractivity contribution is -0.136. The van der Waals surface area contributed by atoms with Crippen molar-refractivity contribution in [2.24, 2.45) is 5.10 Å². The quantitative estimate of drug-likeness (QED) is 0.387. The second-order valence-electron chi connectivity index (χ2n) is 6.10. The number of hydrazone groups is 1. The number of nitrogens with zero attached hydrogens (tertiary/aromatic N) is 1. The number of benzene rings is 2. The Balaban J connectivity index is 1.98. The summed E-state index contributed by atoms with van der Waals surface area (Å²) in [5.74, 6) is -0.478. The van der Waals surface area contributed by atoms with Crippen LogP contribution in [0.15, 0.2) is 41.5 Å². The predicted octanol–water partition coefficient (Wildman–Crippen LogP) is 3.92. The van der Waals surface area contributed by atoms with Crippen molar-refractivity contribution in [3.8, 4) is 11.5 Å². The van der Waals surface area contributed by atoms with Gasteiger partial charge < -0.3 is 14.8 Å². The monoisotopic (exact) mass is 417 g/mol. The molecule has 29 heavy (non-hydrogen) atoms. The summed E-state index contributed by atoms with van der Waals surface area (Å²) in [4.78, 5) is 24.0. The van der Waals surface area contributed by atoms with E-state index in [1.165, 1.54) is 6.21 Å². The van der Waals surface area contributed by atoms with Gasteiger partial charge in [0.05, 0.1) is 19.4 Å². The number of aryl methyl sites for hydroxylation is 1. The Labute approximate surface area is 175 Å². The van der Waals surface area contributed by atoms with E-state index in [1.807, 2.05) is 13.8 Å². The fraction of sp³-hybridized carbons (Fsp3) is 0.286. The van der Waals surface area contributed by atoms with Gasteiger partial charge in [-0.1, -0.05) is 18.5 Å². The van der Waals surface area contributed by atoms with Gasteiger partial charge in [0.1, 0.15) is 0 Å². The Kier molecular flexibility index (Phi) is 8.48. The van der Waals surface area contributed by atoms with Crippen molar-refractivity contribution in [2.45, 2.75) is 27.2 Å². The van der Waals surface area contributed by atoms with Gasteiger partial charge in [-0.15, -0.1) is 0 Å². The largest absolute Gasteiger partial charge is 0.490 e. The maximum Gasteiger partial charge on any atom is 0.329 e. The lowest BCUT2D eigenvalue weighted by Gasteiger charge is -2.11. The van der Waals surface area contributed by atoms with Crippen molar-refractivity contribution in [1.29, 1.82) is 0 Å². The van der Waals surface area contributed by atoms with Gasteiger partial charge in [-0.3, -0.25) is 9.59 Å². The highest BCUT2D eigenvalue weighted by Gasteiger charge is 2.14. The second-order valence-corrected chi connectivity index (χ2v) is 6.54. The molecule has 2 N–H and O–H groups in total. The molecule has 0 aromatic heterocycles. The lowest BCUT2D eigenvalue weighted by Crippen LogP contribution is -2.32. The third-order valence-corrected chi connectivity index (χ3v) is 3.99. The molecule has 7 nitrogen and oxygen atoms in total. The zero-order valence-corrected chi connectivity index (χ0v) is 17.4. The fourth-order valence-electron chi connectivity index (χ4n) is 2.37. The van der Waals surface area contributed by atoms with Gasteiger partial charge in [0.2, 0.25) is 0 Å². The van der Waals surface area contributed by atoms with Crippen LogP contribution in [0.25, 0.3) is 0 Å². The molecule has 2 rings (SSSR count). The highest BCUT2D eigenvalue weighted by Crippen LogP contribution is 2.28. The summed E-state index contributed by atoms with van der Waals surface area (Å²) in [7, 11) is 0. The van der Waals surface area contributed by atoms with Crippen molar-refractivity contribution in [3.63, 3.8) is 0 Å². The SMILES string of the molecule is CCCOc1ccc(/C=N\NC(=O)C(=O)Nc2ccc(Cl)cc2C)cc1OCC. The summed E-state index contributed by atoms with van der Waals surface area (Å²) in [6.07, 6.45) is 2.31. The highest BCUT2D eigenvalue weighted by atomic mass is 35.5. The van der Waals surface area contributed by atoms with E-state index >= 15 is 0 Å². The van der Waals surface area contributed by atoms with Crippen LogP contribution in [0.5, 0.6) is 11.5 Å². The second kappa shape index (κ2) is 11.1. The van der Waals surface area contributed by atoms with Gasteiger partial charge in [0.25, 0.3) is 0 Å². The number of nitrogens with one attached hydrogen (secondary N) is 2. The lowest BCUT2D eigenvalue weighted by atomic mass is 10.2. The topological polar surface area (TPSA) is 89.0 Å². The Bertz CT molecular complexity index is 899. The van der Waals surface area contributed by atoms with Crippen LogP contribution in [0, 0.1) is 6.92 Å². The molecule has 0 aliphatic rings. The molecule has 0 radical (unpaired) electrons. The number of amides is 2. The van der Waals surface area contributed by atoms with Crippen molar-refractivity contribution in [1.82, 2.24) is 5.43 Å². The van der Waals surface area contributed by atoms with Crippen LogP contribution in [0.2, 0.25) is 5.02 Å². The fourth-order valence-corrected chi connectivity index (χ4v) is 2.59. The van der Waals surface area contributed by atoms with E-state index in [0.717, 1.165) is 12.0 Å². The normalized spacial score (nSPS) is 10.6. The van der Waals surface area contributed by atoms with Crippen LogP contribution in [-0.2, 0) is 9.59 Å². The maximum atomic E-state index is 12.0. The molecule has 0 aliphatic carbocycles. The van der Waals surface area contributed by atoms with Gasteiger partial charge in [-0.25, -0.2) is 5.43 Å². The van der Waals surface area contributed by atoms with E-state index < -0.39 is 11.8 Å². The average molecular weight is 418 g/mol. The molecule has 2 amide bonds. The van der Waals surface area contributed by atoms with Crippen molar-refractivity contribution >= 4 is 35.3 Å². The molecule has 0 spiro atoms. The third-order valence-electron chi connectivity index (χ3n) is 3.75. The first-order chi connectivity index (χ1) is 13.9. The number of ether oxygens (including phenoxy) is 2.